The molecule has 0 aliphatic rings. The largest absolute Gasteiger partial charge is 0.501 e. The Morgan fingerprint density at radius 2 is 1.93 bits per heavy atom. The summed E-state index contributed by atoms with van der Waals surface area (Å²) >= 11 is 0. The van der Waals surface area contributed by atoms with E-state index in [0.29, 0.717) is 6.42 Å². The van der Waals surface area contributed by atoms with Crippen LogP contribution in [0, 0.1) is 13.8 Å². The molecule has 0 saturated heterocycles. The molecule has 0 radical (unpaired) electrons. The highest BCUT2D eigenvalue weighted by Crippen LogP contribution is 2.34. The second-order valence-electron chi connectivity index (χ2n) is 6.13. The molecule has 0 bridgehead atoms. The number of nitrogens with zero attached hydrogens (tertiary/aromatic N) is 2. The Morgan fingerprint density at radius 1 is 1.29 bits per heavy atom. The third-order valence-electron chi connectivity index (χ3n) is 4.32. The van der Waals surface area contributed by atoms with Crippen molar-refractivity contribution >= 4 is 21.4 Å². The van der Waals surface area contributed by atoms with Crippen LogP contribution in [-0.2, 0) is 28.1 Å². The van der Waals surface area contributed by atoms with Gasteiger partial charge in [-0.3, -0.25) is 9.48 Å². The predicted octanol–water partition coefficient (Wildman–Crippen LogP) is 2.91. The highest BCUT2D eigenvalue weighted by Gasteiger charge is 2.47. The van der Waals surface area contributed by atoms with Gasteiger partial charge < -0.3 is 10.1 Å². The number of alkyl halides is 3. The number of hydrogen-bond acceptors (Lipinski definition) is 5. The molecule has 1 aromatic heterocycles. The van der Waals surface area contributed by atoms with E-state index < -0.39 is 26.1 Å². The van der Waals surface area contributed by atoms with E-state index in [-0.39, 0.29) is 17.9 Å². The van der Waals surface area contributed by atoms with Crippen molar-refractivity contribution in [1.82, 2.24) is 9.78 Å². The summed E-state index contributed by atoms with van der Waals surface area (Å²) in [5.74, 6) is -0.453. The summed E-state index contributed by atoms with van der Waals surface area (Å²) in [7, 11) is -2.50. The number of hydrogen-bond donors (Lipinski definition) is 1. The van der Waals surface area contributed by atoms with E-state index >= 15 is 0 Å². The van der Waals surface area contributed by atoms with Crippen molar-refractivity contribution in [3.8, 4) is 5.75 Å². The first kappa shape index (κ1) is 21.7. The molecule has 0 aliphatic heterocycles. The number of rotatable bonds is 6. The first-order valence-corrected chi connectivity index (χ1v) is 9.65. The lowest BCUT2D eigenvalue weighted by Gasteiger charge is -2.13. The molecule has 1 amide bonds. The van der Waals surface area contributed by atoms with Crippen LogP contribution in [0.2, 0.25) is 0 Å². The molecule has 1 aromatic carbocycles. The third-order valence-corrected chi connectivity index (χ3v) is 5.80. The van der Waals surface area contributed by atoms with Gasteiger partial charge in [0.2, 0.25) is 5.91 Å². The van der Waals surface area contributed by atoms with Crippen LogP contribution in [0.4, 0.5) is 18.9 Å². The first-order valence-electron chi connectivity index (χ1n) is 8.16. The molecule has 2 aromatic rings. The Balaban J connectivity index is 2.22. The normalized spacial score (nSPS) is 12.1. The van der Waals surface area contributed by atoms with Crippen LogP contribution in [0.5, 0.6) is 5.75 Å². The van der Waals surface area contributed by atoms with Crippen molar-refractivity contribution in [1.29, 1.82) is 0 Å². The molecular weight excluding hydrogens is 399 g/mol. The number of ether oxygens (including phenoxy) is 1. The molecule has 7 nitrogen and oxygen atoms in total. The van der Waals surface area contributed by atoms with Crippen LogP contribution in [0.15, 0.2) is 23.1 Å². The molecule has 0 unspecified atom stereocenters. The van der Waals surface area contributed by atoms with Crippen molar-refractivity contribution in [3.63, 3.8) is 0 Å². The van der Waals surface area contributed by atoms with E-state index in [4.69, 9.17) is 4.74 Å². The molecule has 1 N–H and O–H groups in total. The maximum Gasteiger partial charge on any atom is 0.501 e. The Morgan fingerprint density at radius 3 is 2.43 bits per heavy atom. The van der Waals surface area contributed by atoms with Crippen LogP contribution >= 0.6 is 0 Å². The number of aryl methyl sites for hydroxylation is 2. The maximum atomic E-state index is 12.8. The third kappa shape index (κ3) is 4.29. The lowest BCUT2D eigenvalue weighted by molar-refractivity contribution is -0.116. The number of amides is 1. The molecule has 11 heteroatoms. The standard InChI is InChI=1S/C17H20F3N3O4S/c1-10-13(11(2)23(3)22-10)6-8-16(24)21-14-9-12(5-7-15(14)27-4)28(25,26)17(18,19)20/h5,7,9H,6,8H2,1-4H3,(H,21,24). The monoisotopic (exact) mass is 419 g/mol. The number of halogens is 3. The van der Waals surface area contributed by atoms with Crippen molar-refractivity contribution in [2.45, 2.75) is 37.1 Å². The Labute approximate surface area is 160 Å². The molecule has 0 aliphatic carbocycles. The highest BCUT2D eigenvalue weighted by atomic mass is 32.2. The van der Waals surface area contributed by atoms with Gasteiger partial charge in [-0.15, -0.1) is 0 Å². The molecule has 1 heterocycles. The fraction of sp³-hybridized carbons (Fsp3) is 0.412. The summed E-state index contributed by atoms with van der Waals surface area (Å²) in [5.41, 5.74) is -3.02. The fourth-order valence-electron chi connectivity index (χ4n) is 2.72. The minimum Gasteiger partial charge on any atom is -0.495 e. The van der Waals surface area contributed by atoms with E-state index in [0.717, 1.165) is 35.2 Å². The van der Waals surface area contributed by atoms with Crippen LogP contribution < -0.4 is 10.1 Å². The zero-order chi connectivity index (χ0) is 21.3. The number of benzene rings is 1. The van der Waals surface area contributed by atoms with Crippen LogP contribution in [0.25, 0.3) is 0 Å². The molecule has 0 atom stereocenters. The smallest absolute Gasteiger partial charge is 0.495 e. The fourth-order valence-corrected chi connectivity index (χ4v) is 3.50. The van der Waals surface area contributed by atoms with E-state index in [1.165, 1.54) is 7.11 Å². The van der Waals surface area contributed by atoms with Gasteiger partial charge in [-0.1, -0.05) is 0 Å². The zero-order valence-corrected chi connectivity index (χ0v) is 16.5. The van der Waals surface area contributed by atoms with Crippen molar-refractivity contribution in [2.24, 2.45) is 7.05 Å². The molecule has 2 rings (SSSR count). The van der Waals surface area contributed by atoms with E-state index in [2.05, 4.69) is 10.4 Å². The minimum absolute atomic E-state index is 0.0345. The number of nitrogens with one attached hydrogen (secondary N) is 1. The first-order chi connectivity index (χ1) is 12.9. The molecule has 0 spiro atoms. The van der Waals surface area contributed by atoms with Gasteiger partial charge in [-0.25, -0.2) is 8.42 Å². The van der Waals surface area contributed by atoms with E-state index in [1.807, 2.05) is 13.8 Å². The quantitative estimate of drug-likeness (QED) is 0.778. The van der Waals surface area contributed by atoms with Gasteiger partial charge in [0.05, 0.1) is 23.4 Å². The number of aromatic nitrogens is 2. The summed E-state index contributed by atoms with van der Waals surface area (Å²) in [6, 6.07) is 2.57. The van der Waals surface area contributed by atoms with Gasteiger partial charge in [0, 0.05) is 19.2 Å². The van der Waals surface area contributed by atoms with Gasteiger partial charge in [-0.05, 0) is 44.0 Å². The molecule has 0 fully saturated rings. The average Bonchev–Trinajstić information content (AvgIpc) is 2.84. The number of anilines is 1. The number of carbonyl (C=O) groups excluding carboxylic acids is 1. The number of methoxy groups -OCH3 is 1. The van der Waals surface area contributed by atoms with Crippen LogP contribution in [-0.4, -0.2) is 36.7 Å². The Hall–Kier alpha value is -2.56. The lowest BCUT2D eigenvalue weighted by Crippen LogP contribution is -2.23. The van der Waals surface area contributed by atoms with E-state index in [1.54, 1.807) is 11.7 Å². The summed E-state index contributed by atoms with van der Waals surface area (Å²) in [6.45, 7) is 3.68. The Kier molecular flexibility index (Phi) is 6.07. The van der Waals surface area contributed by atoms with Crippen LogP contribution in [0.3, 0.4) is 0 Å². The number of carbonyl (C=O) groups is 1. The van der Waals surface area contributed by atoms with Gasteiger partial charge >= 0.3 is 5.51 Å². The van der Waals surface area contributed by atoms with Crippen molar-refractivity contribution in [3.05, 3.63) is 35.2 Å². The molecule has 0 saturated carbocycles. The second-order valence-corrected chi connectivity index (χ2v) is 8.07. The SMILES string of the molecule is COc1ccc(S(=O)(=O)C(F)(F)F)cc1NC(=O)CCc1c(C)nn(C)c1C. The lowest BCUT2D eigenvalue weighted by atomic mass is 10.1. The molecule has 154 valence electrons. The summed E-state index contributed by atoms with van der Waals surface area (Å²) in [4.78, 5) is 11.3. The molecular formula is C17H20F3N3O4S. The second kappa shape index (κ2) is 7.82. The minimum atomic E-state index is -5.54. The van der Waals surface area contributed by atoms with Crippen molar-refractivity contribution < 1.29 is 31.1 Å². The predicted molar refractivity (Wildman–Crippen MR) is 95.9 cm³/mol. The maximum absolute atomic E-state index is 12.8. The average molecular weight is 419 g/mol. The van der Waals surface area contributed by atoms with Crippen LogP contribution in [0.1, 0.15) is 23.4 Å². The van der Waals surface area contributed by atoms with Crippen molar-refractivity contribution in [2.75, 3.05) is 12.4 Å². The van der Waals surface area contributed by atoms with Gasteiger partial charge in [0.25, 0.3) is 9.84 Å². The summed E-state index contributed by atoms with van der Waals surface area (Å²) in [5, 5.41) is 6.67. The summed E-state index contributed by atoms with van der Waals surface area (Å²) in [6.07, 6.45) is 0.410. The summed E-state index contributed by atoms with van der Waals surface area (Å²) < 4.78 is 68.2. The van der Waals surface area contributed by atoms with Gasteiger partial charge in [0.15, 0.2) is 0 Å². The molecule has 28 heavy (non-hydrogen) atoms. The zero-order valence-electron chi connectivity index (χ0n) is 15.7. The van der Waals surface area contributed by atoms with E-state index in [9.17, 15) is 26.4 Å². The Bertz CT molecular complexity index is 998. The number of sulfone groups is 1. The van der Waals surface area contributed by atoms with Gasteiger partial charge in [0.1, 0.15) is 5.75 Å². The van der Waals surface area contributed by atoms with Gasteiger partial charge in [-0.2, -0.15) is 18.3 Å². The topological polar surface area (TPSA) is 90.3 Å². The highest BCUT2D eigenvalue weighted by molar-refractivity contribution is 7.92.